The van der Waals surface area contributed by atoms with Gasteiger partial charge in [-0.05, 0) is 11.6 Å². The minimum absolute atomic E-state index is 0.118. The van der Waals surface area contributed by atoms with E-state index in [4.69, 9.17) is 16.7 Å². The largest absolute Gasteiger partial charge is 0.395 e. The van der Waals surface area contributed by atoms with Gasteiger partial charge in [0.15, 0.2) is 9.84 Å². The molecule has 3 nitrogen and oxygen atoms in total. The van der Waals surface area contributed by atoms with Gasteiger partial charge in [0.25, 0.3) is 0 Å². The van der Waals surface area contributed by atoms with Crippen molar-refractivity contribution in [2.75, 3.05) is 12.4 Å². The first-order valence-electron chi connectivity index (χ1n) is 4.10. The molecule has 5 heteroatoms. The van der Waals surface area contributed by atoms with Crippen LogP contribution in [0.15, 0.2) is 24.3 Å². The fourth-order valence-corrected chi connectivity index (χ4v) is 2.49. The van der Waals surface area contributed by atoms with Crippen molar-refractivity contribution in [2.45, 2.75) is 5.75 Å². The summed E-state index contributed by atoms with van der Waals surface area (Å²) in [7, 11) is -3.24. The number of aliphatic hydroxyl groups is 1. The molecule has 0 radical (unpaired) electrons. The van der Waals surface area contributed by atoms with Gasteiger partial charge in [0, 0.05) is 5.02 Å². The van der Waals surface area contributed by atoms with Crippen LogP contribution in [0.25, 0.3) is 0 Å². The monoisotopic (exact) mass is 234 g/mol. The van der Waals surface area contributed by atoms with Crippen molar-refractivity contribution in [1.29, 1.82) is 0 Å². The van der Waals surface area contributed by atoms with Crippen LogP contribution < -0.4 is 0 Å². The van der Waals surface area contributed by atoms with Crippen LogP contribution in [0.4, 0.5) is 0 Å². The molecule has 0 aromatic heterocycles. The predicted molar refractivity (Wildman–Crippen MR) is 56.0 cm³/mol. The maximum atomic E-state index is 11.3. The van der Waals surface area contributed by atoms with Crippen molar-refractivity contribution in [2.24, 2.45) is 0 Å². The molecule has 0 atom stereocenters. The third-order valence-electron chi connectivity index (χ3n) is 1.74. The molecule has 0 heterocycles. The molecule has 0 amide bonds. The second kappa shape index (κ2) is 4.77. The highest BCUT2D eigenvalue weighted by molar-refractivity contribution is 7.90. The van der Waals surface area contributed by atoms with Crippen molar-refractivity contribution in [3.8, 4) is 0 Å². The molecular weight excluding hydrogens is 224 g/mol. The number of sulfone groups is 1. The Kier molecular flexibility index (Phi) is 3.92. The Morgan fingerprint density at radius 1 is 1.29 bits per heavy atom. The summed E-state index contributed by atoms with van der Waals surface area (Å²) in [4.78, 5) is 0. The maximum Gasteiger partial charge on any atom is 0.156 e. The fraction of sp³-hybridized carbons (Fsp3) is 0.333. The first-order valence-corrected chi connectivity index (χ1v) is 6.30. The van der Waals surface area contributed by atoms with Gasteiger partial charge < -0.3 is 5.11 Å². The summed E-state index contributed by atoms with van der Waals surface area (Å²) in [5, 5.41) is 8.98. The van der Waals surface area contributed by atoms with Crippen LogP contribution in [0.5, 0.6) is 0 Å². The quantitative estimate of drug-likeness (QED) is 0.853. The molecule has 1 aromatic carbocycles. The van der Waals surface area contributed by atoms with E-state index in [1.165, 1.54) is 0 Å². The molecule has 0 aliphatic heterocycles. The molecule has 0 aliphatic rings. The molecule has 0 fully saturated rings. The number of aliphatic hydroxyl groups excluding tert-OH is 1. The molecule has 0 spiro atoms. The van der Waals surface area contributed by atoms with Crippen molar-refractivity contribution < 1.29 is 13.5 Å². The lowest BCUT2D eigenvalue weighted by Crippen LogP contribution is -2.12. The average Bonchev–Trinajstić information content (AvgIpc) is 2.08. The zero-order valence-corrected chi connectivity index (χ0v) is 9.05. The summed E-state index contributed by atoms with van der Waals surface area (Å²) in [6, 6.07) is 6.78. The number of halogens is 1. The lowest BCUT2D eigenvalue weighted by atomic mass is 10.2. The molecule has 1 N–H and O–H groups in total. The van der Waals surface area contributed by atoms with Gasteiger partial charge in [-0.15, -0.1) is 0 Å². The molecule has 0 aliphatic carbocycles. The topological polar surface area (TPSA) is 54.4 Å². The zero-order valence-electron chi connectivity index (χ0n) is 7.48. The molecule has 0 saturated heterocycles. The maximum absolute atomic E-state index is 11.3. The second-order valence-electron chi connectivity index (χ2n) is 2.91. The van der Waals surface area contributed by atoms with E-state index in [9.17, 15) is 8.42 Å². The van der Waals surface area contributed by atoms with E-state index in [2.05, 4.69) is 0 Å². The normalized spacial score (nSPS) is 11.6. The van der Waals surface area contributed by atoms with Crippen LogP contribution in [0.2, 0.25) is 5.02 Å². The van der Waals surface area contributed by atoms with Crippen LogP contribution in [0.3, 0.4) is 0 Å². The molecule has 0 unspecified atom stereocenters. The lowest BCUT2D eigenvalue weighted by Gasteiger charge is -2.04. The molecule has 0 saturated carbocycles. The van der Waals surface area contributed by atoms with Gasteiger partial charge in [0.1, 0.15) is 0 Å². The van der Waals surface area contributed by atoms with Crippen LogP contribution in [0, 0.1) is 0 Å². The van der Waals surface area contributed by atoms with Gasteiger partial charge in [0.2, 0.25) is 0 Å². The average molecular weight is 235 g/mol. The summed E-state index contributed by atoms with van der Waals surface area (Å²) in [6.45, 7) is -0.354. The van der Waals surface area contributed by atoms with Gasteiger partial charge in [0.05, 0.1) is 18.1 Å². The van der Waals surface area contributed by atoms with E-state index in [1.807, 2.05) is 0 Å². The molecular formula is C9H11ClO3S. The Hall–Kier alpha value is -0.580. The van der Waals surface area contributed by atoms with E-state index < -0.39 is 9.84 Å². The van der Waals surface area contributed by atoms with Crippen molar-refractivity contribution in [3.05, 3.63) is 34.9 Å². The minimum atomic E-state index is -3.24. The first kappa shape index (κ1) is 11.5. The van der Waals surface area contributed by atoms with Crippen molar-refractivity contribution in [1.82, 2.24) is 0 Å². The summed E-state index contributed by atoms with van der Waals surface area (Å²) < 4.78 is 22.7. The Morgan fingerprint density at radius 3 is 2.50 bits per heavy atom. The smallest absolute Gasteiger partial charge is 0.156 e. The van der Waals surface area contributed by atoms with Crippen LogP contribution in [0.1, 0.15) is 5.56 Å². The standard InChI is InChI=1S/C9H11ClO3S/c10-9-4-2-1-3-8(9)7-14(12,13)6-5-11/h1-4,11H,5-7H2. The first-order chi connectivity index (χ1) is 6.55. The van der Waals surface area contributed by atoms with E-state index >= 15 is 0 Å². The van der Waals surface area contributed by atoms with E-state index in [0.717, 1.165) is 0 Å². The molecule has 1 aromatic rings. The Labute approximate surface area is 88.2 Å². The number of hydrogen-bond acceptors (Lipinski definition) is 3. The van der Waals surface area contributed by atoms with E-state index in [1.54, 1.807) is 24.3 Å². The Morgan fingerprint density at radius 2 is 1.93 bits per heavy atom. The number of hydrogen-bond donors (Lipinski definition) is 1. The highest BCUT2D eigenvalue weighted by Crippen LogP contribution is 2.17. The third-order valence-corrected chi connectivity index (χ3v) is 3.66. The fourth-order valence-electron chi connectivity index (χ4n) is 1.06. The molecule has 0 bridgehead atoms. The molecule has 78 valence electrons. The Bertz CT molecular complexity index is 400. The van der Waals surface area contributed by atoms with Crippen molar-refractivity contribution >= 4 is 21.4 Å². The highest BCUT2D eigenvalue weighted by Gasteiger charge is 2.12. The van der Waals surface area contributed by atoms with Crippen LogP contribution >= 0.6 is 11.6 Å². The van der Waals surface area contributed by atoms with Gasteiger partial charge in [-0.25, -0.2) is 8.42 Å². The number of rotatable bonds is 4. The van der Waals surface area contributed by atoms with Gasteiger partial charge in [-0.3, -0.25) is 0 Å². The Balaban J connectivity index is 2.84. The lowest BCUT2D eigenvalue weighted by molar-refractivity contribution is 0.319. The highest BCUT2D eigenvalue weighted by atomic mass is 35.5. The minimum Gasteiger partial charge on any atom is -0.395 e. The second-order valence-corrected chi connectivity index (χ2v) is 5.50. The summed E-state index contributed by atoms with van der Waals surface area (Å²) in [5.41, 5.74) is 0.572. The third kappa shape index (κ3) is 3.29. The summed E-state index contributed by atoms with van der Waals surface area (Å²) in [5.74, 6) is -0.342. The SMILES string of the molecule is O=S(=O)(CCO)Cc1ccccc1Cl. The zero-order chi connectivity index (χ0) is 10.6. The molecule has 14 heavy (non-hydrogen) atoms. The summed E-state index contributed by atoms with van der Waals surface area (Å²) in [6.07, 6.45) is 0. The van der Waals surface area contributed by atoms with E-state index in [0.29, 0.717) is 10.6 Å². The van der Waals surface area contributed by atoms with Gasteiger partial charge in [-0.1, -0.05) is 29.8 Å². The van der Waals surface area contributed by atoms with E-state index in [-0.39, 0.29) is 18.1 Å². The van der Waals surface area contributed by atoms with Crippen LogP contribution in [-0.4, -0.2) is 25.9 Å². The van der Waals surface area contributed by atoms with Gasteiger partial charge >= 0.3 is 0 Å². The van der Waals surface area contributed by atoms with Gasteiger partial charge in [-0.2, -0.15) is 0 Å². The molecule has 1 rings (SSSR count). The predicted octanol–water partition coefficient (Wildman–Crippen LogP) is 1.25. The number of benzene rings is 1. The van der Waals surface area contributed by atoms with Crippen molar-refractivity contribution in [3.63, 3.8) is 0 Å². The van der Waals surface area contributed by atoms with Crippen LogP contribution in [-0.2, 0) is 15.6 Å². The summed E-state index contributed by atoms with van der Waals surface area (Å²) >= 11 is 5.80.